The highest BCUT2D eigenvalue weighted by molar-refractivity contribution is 6.18. The number of imide groups is 1. The third-order valence-corrected chi connectivity index (χ3v) is 4.71. The van der Waals surface area contributed by atoms with Crippen molar-refractivity contribution in [3.05, 3.63) is 29.3 Å². The minimum absolute atomic E-state index is 0.172. The second-order valence-electron chi connectivity index (χ2n) is 6.33. The number of benzene rings is 1. The molecule has 2 aliphatic rings. The van der Waals surface area contributed by atoms with Crippen molar-refractivity contribution in [2.45, 2.75) is 31.8 Å². The lowest BCUT2D eigenvalue weighted by molar-refractivity contribution is -0.137. The molecule has 2 aliphatic heterocycles. The van der Waals surface area contributed by atoms with Gasteiger partial charge in [0.2, 0.25) is 17.7 Å². The molecule has 1 saturated heterocycles. The number of nitrogens with zero attached hydrogens (tertiary/aromatic N) is 1. The van der Waals surface area contributed by atoms with E-state index in [9.17, 15) is 19.2 Å². The number of amides is 4. The largest absolute Gasteiger partial charge is 0.380 e. The standard InChI is InChI=1S/C18H20ClN3O5/c19-7-9-27-8-6-16(24)20-13-3-1-2-11-12(13)10-22(18(11)26)14-4-5-15(23)21-17(14)25/h1-3,14H,4-10H2,(H,20,24)(H,21,23,25). The number of halogens is 1. The highest BCUT2D eigenvalue weighted by atomic mass is 35.5. The van der Waals surface area contributed by atoms with Crippen LogP contribution in [0.1, 0.15) is 35.2 Å². The number of alkyl halides is 1. The van der Waals surface area contributed by atoms with Crippen molar-refractivity contribution in [1.29, 1.82) is 0 Å². The number of rotatable bonds is 7. The zero-order valence-electron chi connectivity index (χ0n) is 14.6. The van der Waals surface area contributed by atoms with E-state index >= 15 is 0 Å². The molecule has 27 heavy (non-hydrogen) atoms. The van der Waals surface area contributed by atoms with Gasteiger partial charge in [-0.3, -0.25) is 24.5 Å². The lowest BCUT2D eigenvalue weighted by Gasteiger charge is -2.29. The summed E-state index contributed by atoms with van der Waals surface area (Å²) in [6, 6.07) is 4.39. The van der Waals surface area contributed by atoms with E-state index in [1.165, 1.54) is 4.90 Å². The monoisotopic (exact) mass is 393 g/mol. The maximum absolute atomic E-state index is 12.7. The molecule has 0 bridgehead atoms. The molecule has 144 valence electrons. The van der Waals surface area contributed by atoms with E-state index in [1.807, 2.05) is 0 Å². The minimum atomic E-state index is -0.685. The van der Waals surface area contributed by atoms with Crippen LogP contribution in [0, 0.1) is 0 Å². The van der Waals surface area contributed by atoms with Gasteiger partial charge in [0, 0.05) is 35.7 Å². The molecule has 0 saturated carbocycles. The Balaban J connectivity index is 1.69. The Morgan fingerprint density at radius 1 is 1.30 bits per heavy atom. The minimum Gasteiger partial charge on any atom is -0.380 e. The molecule has 1 aromatic rings. The average Bonchev–Trinajstić information content (AvgIpc) is 2.97. The van der Waals surface area contributed by atoms with Crippen LogP contribution in [0.5, 0.6) is 0 Å². The fourth-order valence-electron chi connectivity index (χ4n) is 3.24. The first-order chi connectivity index (χ1) is 13.0. The number of nitrogens with one attached hydrogen (secondary N) is 2. The summed E-state index contributed by atoms with van der Waals surface area (Å²) >= 11 is 5.51. The van der Waals surface area contributed by atoms with Crippen molar-refractivity contribution in [3.63, 3.8) is 0 Å². The Kier molecular flexibility index (Phi) is 6.08. The first-order valence-corrected chi connectivity index (χ1v) is 9.25. The zero-order valence-corrected chi connectivity index (χ0v) is 15.4. The number of anilines is 1. The number of hydrogen-bond acceptors (Lipinski definition) is 5. The molecular weight excluding hydrogens is 374 g/mol. The van der Waals surface area contributed by atoms with Crippen molar-refractivity contribution < 1.29 is 23.9 Å². The van der Waals surface area contributed by atoms with E-state index in [1.54, 1.807) is 18.2 Å². The maximum atomic E-state index is 12.7. The van der Waals surface area contributed by atoms with Crippen LogP contribution in [0.3, 0.4) is 0 Å². The van der Waals surface area contributed by atoms with E-state index in [2.05, 4.69) is 10.6 Å². The predicted octanol–water partition coefficient (Wildman–Crippen LogP) is 1.03. The molecule has 9 heteroatoms. The van der Waals surface area contributed by atoms with E-state index < -0.39 is 11.9 Å². The summed E-state index contributed by atoms with van der Waals surface area (Å²) in [5, 5.41) is 5.07. The molecule has 1 fully saturated rings. The molecule has 2 heterocycles. The third-order valence-electron chi connectivity index (χ3n) is 4.55. The summed E-state index contributed by atoms with van der Waals surface area (Å²) in [6.07, 6.45) is 0.664. The van der Waals surface area contributed by atoms with Gasteiger partial charge in [-0.1, -0.05) is 6.07 Å². The molecule has 0 spiro atoms. The fourth-order valence-corrected chi connectivity index (χ4v) is 3.35. The maximum Gasteiger partial charge on any atom is 0.255 e. The summed E-state index contributed by atoms with van der Waals surface area (Å²) in [5.41, 5.74) is 1.66. The number of fused-ring (bicyclic) bond motifs is 1. The summed E-state index contributed by atoms with van der Waals surface area (Å²) in [7, 11) is 0. The number of carbonyl (C=O) groups is 4. The summed E-state index contributed by atoms with van der Waals surface area (Å²) in [4.78, 5) is 49.7. The van der Waals surface area contributed by atoms with E-state index in [0.717, 1.165) is 0 Å². The summed E-state index contributed by atoms with van der Waals surface area (Å²) in [6.45, 7) is 0.847. The quantitative estimate of drug-likeness (QED) is 0.409. The van der Waals surface area contributed by atoms with Crippen LogP contribution in [0.25, 0.3) is 0 Å². The van der Waals surface area contributed by atoms with Crippen LogP contribution in [0.4, 0.5) is 5.69 Å². The zero-order chi connectivity index (χ0) is 19.4. The van der Waals surface area contributed by atoms with Gasteiger partial charge in [0.25, 0.3) is 5.91 Å². The molecular formula is C18H20ClN3O5. The van der Waals surface area contributed by atoms with Gasteiger partial charge in [0.1, 0.15) is 6.04 Å². The highest BCUT2D eigenvalue weighted by Crippen LogP contribution is 2.32. The van der Waals surface area contributed by atoms with Gasteiger partial charge < -0.3 is 15.0 Å². The number of ether oxygens (including phenoxy) is 1. The molecule has 1 aromatic carbocycles. The highest BCUT2D eigenvalue weighted by Gasteiger charge is 2.39. The topological polar surface area (TPSA) is 105 Å². The van der Waals surface area contributed by atoms with Gasteiger partial charge in [0.05, 0.1) is 19.6 Å². The third kappa shape index (κ3) is 4.28. The van der Waals surface area contributed by atoms with Crippen molar-refractivity contribution >= 4 is 40.9 Å². The lowest BCUT2D eigenvalue weighted by Crippen LogP contribution is -2.52. The first-order valence-electron chi connectivity index (χ1n) is 8.71. The predicted molar refractivity (Wildman–Crippen MR) is 97.3 cm³/mol. The molecule has 3 rings (SSSR count). The normalized spacial score (nSPS) is 19.1. The second kappa shape index (κ2) is 8.49. The van der Waals surface area contributed by atoms with Gasteiger partial charge in [0.15, 0.2) is 0 Å². The fraction of sp³-hybridized carbons (Fsp3) is 0.444. The van der Waals surface area contributed by atoms with Crippen molar-refractivity contribution in [2.24, 2.45) is 0 Å². The SMILES string of the molecule is O=C1CCC(N2Cc3c(NC(=O)CCOCCCl)cccc3C2=O)C(=O)N1. The van der Waals surface area contributed by atoms with Crippen LogP contribution < -0.4 is 10.6 Å². The Morgan fingerprint density at radius 2 is 2.11 bits per heavy atom. The molecule has 4 amide bonds. The van der Waals surface area contributed by atoms with Crippen LogP contribution in [0.15, 0.2) is 18.2 Å². The first kappa shape index (κ1) is 19.3. The summed E-state index contributed by atoms with van der Waals surface area (Å²) < 4.78 is 5.19. The smallest absolute Gasteiger partial charge is 0.255 e. The van der Waals surface area contributed by atoms with Crippen LogP contribution in [-0.2, 0) is 25.7 Å². The number of hydrogen-bond donors (Lipinski definition) is 2. The molecule has 0 radical (unpaired) electrons. The van der Waals surface area contributed by atoms with Gasteiger partial charge in [-0.25, -0.2) is 0 Å². The molecule has 8 nitrogen and oxygen atoms in total. The van der Waals surface area contributed by atoms with Gasteiger partial charge in [-0.05, 0) is 18.6 Å². The van der Waals surface area contributed by atoms with Crippen LogP contribution in [0.2, 0.25) is 0 Å². The van der Waals surface area contributed by atoms with E-state index in [0.29, 0.717) is 35.7 Å². The molecule has 1 unspecified atom stereocenters. The van der Waals surface area contributed by atoms with Crippen molar-refractivity contribution in [1.82, 2.24) is 10.2 Å². The van der Waals surface area contributed by atoms with Gasteiger partial charge >= 0.3 is 0 Å². The molecule has 0 aromatic heterocycles. The Morgan fingerprint density at radius 3 is 2.85 bits per heavy atom. The average molecular weight is 394 g/mol. The Hall–Kier alpha value is -2.45. The van der Waals surface area contributed by atoms with Crippen molar-refractivity contribution in [3.8, 4) is 0 Å². The second-order valence-corrected chi connectivity index (χ2v) is 6.71. The van der Waals surface area contributed by atoms with Crippen LogP contribution >= 0.6 is 11.6 Å². The summed E-state index contributed by atoms with van der Waals surface area (Å²) in [5.74, 6) is -0.934. The van der Waals surface area contributed by atoms with Gasteiger partial charge in [-0.2, -0.15) is 0 Å². The number of piperidine rings is 1. The molecule has 2 N–H and O–H groups in total. The molecule has 0 aliphatic carbocycles. The van der Waals surface area contributed by atoms with Crippen molar-refractivity contribution in [2.75, 3.05) is 24.4 Å². The molecule has 1 atom stereocenters. The van der Waals surface area contributed by atoms with Gasteiger partial charge in [-0.15, -0.1) is 11.6 Å². The van der Waals surface area contributed by atoms with Crippen LogP contribution in [-0.4, -0.2) is 53.7 Å². The lowest BCUT2D eigenvalue weighted by atomic mass is 10.0. The Bertz CT molecular complexity index is 782. The van der Waals surface area contributed by atoms with E-state index in [4.69, 9.17) is 16.3 Å². The Labute approximate surface area is 161 Å². The number of carbonyl (C=O) groups excluding carboxylic acids is 4. The van der Waals surface area contributed by atoms with E-state index in [-0.39, 0.29) is 43.7 Å².